The summed E-state index contributed by atoms with van der Waals surface area (Å²) in [5.41, 5.74) is 1.13. The van der Waals surface area contributed by atoms with Crippen molar-refractivity contribution in [1.82, 2.24) is 5.16 Å². The summed E-state index contributed by atoms with van der Waals surface area (Å²) in [5, 5.41) is 6.41. The van der Waals surface area contributed by atoms with Crippen LogP contribution < -0.4 is 5.32 Å². The number of aromatic nitrogens is 1. The van der Waals surface area contributed by atoms with E-state index in [1.165, 1.54) is 18.4 Å². The number of amides is 1. The summed E-state index contributed by atoms with van der Waals surface area (Å²) in [6.07, 6.45) is 4.98. The van der Waals surface area contributed by atoms with Crippen molar-refractivity contribution in [2.24, 2.45) is 5.92 Å². The summed E-state index contributed by atoms with van der Waals surface area (Å²) in [5.74, 6) is 0.254. The molecule has 0 unspecified atom stereocenters. The van der Waals surface area contributed by atoms with Crippen LogP contribution in [0.25, 0.3) is 5.57 Å². The maximum absolute atomic E-state index is 12.8. The molecule has 1 aromatic heterocycles. The Labute approximate surface area is 158 Å². The van der Waals surface area contributed by atoms with Gasteiger partial charge in [-0.25, -0.2) is 8.42 Å². The van der Waals surface area contributed by atoms with Gasteiger partial charge in [-0.1, -0.05) is 30.3 Å². The zero-order valence-corrected chi connectivity index (χ0v) is 15.9. The number of benzene rings is 1. The quantitative estimate of drug-likeness (QED) is 0.762. The van der Waals surface area contributed by atoms with Crippen LogP contribution in [-0.2, 0) is 19.4 Å². The zero-order chi connectivity index (χ0) is 19.3. The number of rotatable bonds is 6. The maximum Gasteiger partial charge on any atom is 0.257 e. The van der Waals surface area contributed by atoms with E-state index in [9.17, 15) is 13.2 Å². The lowest BCUT2D eigenvalue weighted by molar-refractivity contribution is -0.111. The molecule has 0 spiro atoms. The van der Waals surface area contributed by atoms with Gasteiger partial charge >= 0.3 is 0 Å². The molecule has 1 saturated heterocycles. The van der Waals surface area contributed by atoms with Crippen LogP contribution in [0, 0.1) is 5.92 Å². The number of hydrogen-bond donors (Lipinski definition) is 1. The van der Waals surface area contributed by atoms with Gasteiger partial charge < -0.3 is 14.6 Å². The molecule has 0 bridgehead atoms. The van der Waals surface area contributed by atoms with Crippen LogP contribution in [0.4, 0.5) is 5.82 Å². The Morgan fingerprint density at radius 1 is 1.22 bits per heavy atom. The molecule has 8 heteroatoms. The van der Waals surface area contributed by atoms with Gasteiger partial charge in [-0.3, -0.25) is 4.79 Å². The summed E-state index contributed by atoms with van der Waals surface area (Å²) in [6, 6.07) is 7.96. The lowest BCUT2D eigenvalue weighted by Gasteiger charge is -2.20. The minimum Gasteiger partial charge on any atom is -0.381 e. The molecule has 0 radical (unpaired) electrons. The monoisotopic (exact) mass is 390 g/mol. The molecule has 0 atom stereocenters. The topological polar surface area (TPSA) is 98.5 Å². The second-order valence-electron chi connectivity index (χ2n) is 6.30. The van der Waals surface area contributed by atoms with E-state index in [2.05, 4.69) is 10.5 Å². The van der Waals surface area contributed by atoms with E-state index in [0.29, 0.717) is 30.2 Å². The molecule has 1 amide bonds. The van der Waals surface area contributed by atoms with Crippen molar-refractivity contribution >= 4 is 27.1 Å². The van der Waals surface area contributed by atoms with Crippen LogP contribution in [0.5, 0.6) is 0 Å². The Morgan fingerprint density at radius 3 is 2.52 bits per heavy atom. The lowest BCUT2D eigenvalue weighted by Crippen LogP contribution is -2.18. The van der Waals surface area contributed by atoms with Gasteiger partial charge in [-0.05, 0) is 36.5 Å². The van der Waals surface area contributed by atoms with Gasteiger partial charge in [0.05, 0.1) is 10.6 Å². The largest absolute Gasteiger partial charge is 0.381 e. The predicted octanol–water partition coefficient (Wildman–Crippen LogP) is 2.92. The fraction of sp³-hybridized carbons (Fsp3) is 0.368. The highest BCUT2D eigenvalue weighted by Gasteiger charge is 2.19. The number of carbonyl (C=O) groups excluding carboxylic acids is 1. The third-order valence-electron chi connectivity index (χ3n) is 4.50. The Kier molecular flexibility index (Phi) is 6.08. The first-order valence-corrected chi connectivity index (χ1v) is 10.5. The molecule has 1 aliphatic rings. The number of carbonyl (C=O) groups is 1. The summed E-state index contributed by atoms with van der Waals surface area (Å²) in [4.78, 5) is 13.1. The molecule has 3 rings (SSSR count). The molecule has 2 heterocycles. The minimum atomic E-state index is -3.29. The van der Waals surface area contributed by atoms with Crippen molar-refractivity contribution in [3.63, 3.8) is 0 Å². The number of allylic oxidation sites excluding steroid dienone is 1. The van der Waals surface area contributed by atoms with E-state index in [-0.39, 0.29) is 22.5 Å². The summed E-state index contributed by atoms with van der Waals surface area (Å²) < 4.78 is 34.2. The molecule has 144 valence electrons. The molecule has 0 saturated carbocycles. The Balaban J connectivity index is 1.91. The Morgan fingerprint density at radius 2 is 1.93 bits per heavy atom. The van der Waals surface area contributed by atoms with Crippen LogP contribution >= 0.6 is 0 Å². The van der Waals surface area contributed by atoms with E-state index in [4.69, 9.17) is 9.26 Å². The van der Waals surface area contributed by atoms with Crippen molar-refractivity contribution in [3.05, 3.63) is 48.2 Å². The van der Waals surface area contributed by atoms with Gasteiger partial charge in [0, 0.05) is 24.9 Å². The van der Waals surface area contributed by atoms with Crippen molar-refractivity contribution in [2.75, 3.05) is 24.3 Å². The van der Waals surface area contributed by atoms with Crippen molar-refractivity contribution < 1.29 is 22.5 Å². The first kappa shape index (κ1) is 19.3. The zero-order valence-electron chi connectivity index (χ0n) is 15.1. The van der Waals surface area contributed by atoms with Gasteiger partial charge in [0.2, 0.25) is 0 Å². The second kappa shape index (κ2) is 8.49. The number of ether oxygens (including phenoxy) is 1. The third-order valence-corrected chi connectivity index (χ3v) is 6.25. The van der Waals surface area contributed by atoms with Gasteiger partial charge in [-0.2, -0.15) is 0 Å². The number of sulfone groups is 1. The van der Waals surface area contributed by atoms with Crippen LogP contribution in [0.1, 0.15) is 25.3 Å². The highest BCUT2D eigenvalue weighted by Crippen LogP contribution is 2.25. The van der Waals surface area contributed by atoms with E-state index >= 15 is 0 Å². The van der Waals surface area contributed by atoms with Gasteiger partial charge in [0.25, 0.3) is 5.91 Å². The summed E-state index contributed by atoms with van der Waals surface area (Å²) in [6.45, 7) is 2.92. The van der Waals surface area contributed by atoms with Gasteiger partial charge in [0.1, 0.15) is 6.26 Å². The highest BCUT2D eigenvalue weighted by atomic mass is 32.2. The number of nitrogens with one attached hydrogen (secondary N) is 1. The maximum atomic E-state index is 12.8. The number of anilines is 1. The van der Waals surface area contributed by atoms with Crippen molar-refractivity contribution in [1.29, 1.82) is 0 Å². The van der Waals surface area contributed by atoms with Gasteiger partial charge in [-0.15, -0.1) is 0 Å². The third kappa shape index (κ3) is 4.84. The molecular weight excluding hydrogens is 368 g/mol. The molecule has 1 aromatic carbocycles. The van der Waals surface area contributed by atoms with Crippen LogP contribution in [0.3, 0.4) is 0 Å². The molecule has 1 fully saturated rings. The fourth-order valence-corrected chi connectivity index (χ4v) is 3.77. The van der Waals surface area contributed by atoms with E-state index in [1.54, 1.807) is 25.1 Å². The molecule has 7 nitrogen and oxygen atoms in total. The van der Waals surface area contributed by atoms with Gasteiger partial charge in [0.15, 0.2) is 15.7 Å². The van der Waals surface area contributed by atoms with Crippen molar-refractivity contribution in [2.45, 2.75) is 24.7 Å². The molecule has 27 heavy (non-hydrogen) atoms. The molecular formula is C19H22N2O5S. The summed E-state index contributed by atoms with van der Waals surface area (Å²) >= 11 is 0. The summed E-state index contributed by atoms with van der Waals surface area (Å²) in [7, 11) is -3.29. The average Bonchev–Trinajstić information content (AvgIpc) is 3.20. The van der Waals surface area contributed by atoms with E-state index < -0.39 is 9.84 Å². The molecule has 2 aromatic rings. The normalized spacial score (nSPS) is 16.3. The van der Waals surface area contributed by atoms with Crippen LogP contribution in [0.15, 0.2) is 52.1 Å². The fourth-order valence-electron chi connectivity index (χ4n) is 2.89. The van der Waals surface area contributed by atoms with E-state index in [0.717, 1.165) is 12.8 Å². The minimum absolute atomic E-state index is 0.0315. The molecule has 0 aliphatic carbocycles. The first-order valence-electron chi connectivity index (χ1n) is 8.84. The molecule has 1 N–H and O–H groups in total. The van der Waals surface area contributed by atoms with Crippen molar-refractivity contribution in [3.8, 4) is 0 Å². The number of hydrogen-bond acceptors (Lipinski definition) is 6. The molecule has 1 aliphatic heterocycles. The lowest BCUT2D eigenvalue weighted by atomic mass is 9.94. The highest BCUT2D eigenvalue weighted by molar-refractivity contribution is 7.91. The second-order valence-corrected chi connectivity index (χ2v) is 8.58. The van der Waals surface area contributed by atoms with Crippen LogP contribution in [0.2, 0.25) is 0 Å². The average molecular weight is 390 g/mol. The SMILES string of the molecule is CCS(=O)(=O)c1ccc(C(=CC2CCOCC2)C(=O)Nc2ccon2)cc1. The smallest absolute Gasteiger partial charge is 0.257 e. The number of nitrogens with zero attached hydrogens (tertiary/aromatic N) is 1. The first-order chi connectivity index (χ1) is 13.0. The van der Waals surface area contributed by atoms with E-state index in [1.807, 2.05) is 6.08 Å². The predicted molar refractivity (Wildman–Crippen MR) is 101 cm³/mol. The Hall–Kier alpha value is -2.45. The Bertz CT molecular complexity index is 896. The van der Waals surface area contributed by atoms with Crippen LogP contribution in [-0.4, -0.2) is 38.4 Å². The standard InChI is InChI=1S/C19H22N2O5S/c1-2-27(23,24)16-5-3-15(4-6-16)17(13-14-7-10-25-11-8-14)19(22)20-18-9-12-26-21-18/h3-6,9,12-14H,2,7-8,10-11H2,1H3,(H,20,21,22).